The smallest absolute Gasteiger partial charge is 0.251 e. The third kappa shape index (κ3) is 3.67. The van der Waals surface area contributed by atoms with Gasteiger partial charge < -0.3 is 19.1 Å². The summed E-state index contributed by atoms with van der Waals surface area (Å²) in [4.78, 5) is 13.1. The van der Waals surface area contributed by atoms with Gasteiger partial charge in [0.05, 0.1) is 26.3 Å². The first-order chi connectivity index (χ1) is 14.1. The van der Waals surface area contributed by atoms with Crippen LogP contribution >= 0.6 is 0 Å². The summed E-state index contributed by atoms with van der Waals surface area (Å²) >= 11 is 0. The molecular formula is C24H21NO4. The van der Waals surface area contributed by atoms with Crippen molar-refractivity contribution in [2.24, 2.45) is 0 Å². The molecule has 0 bridgehead atoms. The maximum absolute atomic E-state index is 13.1. The van der Waals surface area contributed by atoms with Crippen molar-refractivity contribution in [3.8, 4) is 28.4 Å². The number of hydrogen-bond donors (Lipinski definition) is 1. The molecule has 0 radical (unpaired) electrons. The third-order valence-electron chi connectivity index (χ3n) is 5.00. The monoisotopic (exact) mass is 387 g/mol. The molecule has 0 spiro atoms. The highest BCUT2D eigenvalue weighted by molar-refractivity contribution is 5.95. The first-order valence-corrected chi connectivity index (χ1v) is 9.23. The third-order valence-corrected chi connectivity index (χ3v) is 5.00. The van der Waals surface area contributed by atoms with E-state index in [9.17, 15) is 9.90 Å². The summed E-state index contributed by atoms with van der Waals surface area (Å²) in [5, 5.41) is 10.5. The summed E-state index contributed by atoms with van der Waals surface area (Å²) < 4.78 is 12.4. The Hall–Kier alpha value is -3.73. The van der Waals surface area contributed by atoms with Crippen LogP contribution in [0.4, 0.5) is 0 Å². The molecule has 1 aromatic heterocycles. The Balaban J connectivity index is 1.91. The Morgan fingerprint density at radius 1 is 0.828 bits per heavy atom. The van der Waals surface area contributed by atoms with Crippen LogP contribution in [0.1, 0.15) is 5.56 Å². The van der Waals surface area contributed by atoms with Gasteiger partial charge in [0.1, 0.15) is 17.2 Å². The van der Waals surface area contributed by atoms with Crippen molar-refractivity contribution in [1.29, 1.82) is 0 Å². The minimum Gasteiger partial charge on any atom is -0.508 e. The van der Waals surface area contributed by atoms with E-state index in [4.69, 9.17) is 9.47 Å². The summed E-state index contributed by atoms with van der Waals surface area (Å²) in [5.74, 6) is 1.64. The van der Waals surface area contributed by atoms with E-state index in [1.54, 1.807) is 37.0 Å². The predicted octanol–water partition coefficient (Wildman–Crippen LogP) is 4.44. The van der Waals surface area contributed by atoms with Gasteiger partial charge in [-0.3, -0.25) is 4.79 Å². The van der Waals surface area contributed by atoms with E-state index >= 15 is 0 Å². The van der Waals surface area contributed by atoms with Crippen molar-refractivity contribution in [3.05, 3.63) is 88.7 Å². The van der Waals surface area contributed by atoms with Gasteiger partial charge in [-0.25, -0.2) is 0 Å². The minimum atomic E-state index is -0.107. The zero-order chi connectivity index (χ0) is 20.4. The van der Waals surface area contributed by atoms with Gasteiger partial charge in [0.2, 0.25) is 0 Å². The molecule has 0 aliphatic rings. The number of phenolic OH excluding ortho intramolecular Hbond substituents is 1. The maximum Gasteiger partial charge on any atom is 0.251 e. The molecule has 0 fully saturated rings. The second-order valence-electron chi connectivity index (χ2n) is 6.76. The van der Waals surface area contributed by atoms with E-state index in [0.717, 1.165) is 33.3 Å². The van der Waals surface area contributed by atoms with E-state index in [2.05, 4.69) is 0 Å². The molecular weight excluding hydrogens is 366 g/mol. The number of fused-ring (bicyclic) bond motifs is 1. The number of phenols is 1. The van der Waals surface area contributed by atoms with Crippen molar-refractivity contribution >= 4 is 10.9 Å². The van der Waals surface area contributed by atoms with E-state index in [1.807, 2.05) is 54.6 Å². The number of benzene rings is 3. The minimum absolute atomic E-state index is 0.107. The molecule has 5 heteroatoms. The molecule has 0 atom stereocenters. The fourth-order valence-corrected chi connectivity index (χ4v) is 3.44. The Morgan fingerprint density at radius 2 is 1.48 bits per heavy atom. The van der Waals surface area contributed by atoms with Crippen LogP contribution in [0.2, 0.25) is 0 Å². The normalized spacial score (nSPS) is 10.8. The molecule has 29 heavy (non-hydrogen) atoms. The standard InChI is InChI=1S/C24H21NO4/c1-28-19-9-5-17(6-10-19)22-14-24(27)25(15-16-3-7-18(26)8-4-16)23-13-20(29-2)11-12-21(22)23/h3-14,26H,15H2,1-2H3. The van der Waals surface area contributed by atoms with Gasteiger partial charge in [0.25, 0.3) is 5.56 Å². The van der Waals surface area contributed by atoms with E-state index in [-0.39, 0.29) is 11.3 Å². The molecule has 1 N–H and O–H groups in total. The average molecular weight is 387 g/mol. The lowest BCUT2D eigenvalue weighted by atomic mass is 10.0. The van der Waals surface area contributed by atoms with E-state index in [0.29, 0.717) is 12.3 Å². The SMILES string of the molecule is COc1ccc(-c2cc(=O)n(Cc3ccc(O)cc3)c3cc(OC)ccc23)cc1. The number of aromatic nitrogens is 1. The number of ether oxygens (including phenoxy) is 2. The molecule has 0 aliphatic heterocycles. The van der Waals surface area contributed by atoms with Crippen molar-refractivity contribution in [2.45, 2.75) is 6.54 Å². The molecule has 1 heterocycles. The van der Waals surface area contributed by atoms with Gasteiger partial charge in [-0.05, 0) is 53.1 Å². The second kappa shape index (κ2) is 7.72. The Morgan fingerprint density at radius 3 is 2.14 bits per heavy atom. The van der Waals surface area contributed by atoms with Crippen LogP contribution in [0, 0.1) is 0 Å². The van der Waals surface area contributed by atoms with Crippen LogP contribution in [-0.2, 0) is 6.54 Å². The zero-order valence-electron chi connectivity index (χ0n) is 16.3. The van der Waals surface area contributed by atoms with Gasteiger partial charge in [0.15, 0.2) is 0 Å². The number of nitrogens with zero attached hydrogens (tertiary/aromatic N) is 1. The lowest BCUT2D eigenvalue weighted by molar-refractivity contribution is 0.415. The van der Waals surface area contributed by atoms with E-state index in [1.165, 1.54) is 0 Å². The summed E-state index contributed by atoms with van der Waals surface area (Å²) in [7, 11) is 3.23. The summed E-state index contributed by atoms with van der Waals surface area (Å²) in [6.45, 7) is 0.395. The number of aromatic hydroxyl groups is 1. The Kier molecular flexibility index (Phi) is 4.96. The molecule has 5 nitrogen and oxygen atoms in total. The van der Waals surface area contributed by atoms with Crippen LogP contribution in [0.3, 0.4) is 0 Å². The second-order valence-corrected chi connectivity index (χ2v) is 6.76. The highest BCUT2D eigenvalue weighted by atomic mass is 16.5. The van der Waals surface area contributed by atoms with E-state index < -0.39 is 0 Å². The molecule has 4 rings (SSSR count). The molecule has 4 aromatic rings. The number of hydrogen-bond acceptors (Lipinski definition) is 4. The van der Waals surface area contributed by atoms with Gasteiger partial charge in [-0.2, -0.15) is 0 Å². The van der Waals surface area contributed by atoms with Gasteiger partial charge >= 0.3 is 0 Å². The summed E-state index contributed by atoms with van der Waals surface area (Å²) in [6, 6.07) is 21.9. The largest absolute Gasteiger partial charge is 0.508 e. The van der Waals surface area contributed by atoms with Crippen molar-refractivity contribution in [1.82, 2.24) is 4.57 Å². The number of pyridine rings is 1. The van der Waals surface area contributed by atoms with Crippen LogP contribution in [0.15, 0.2) is 77.6 Å². The Bertz CT molecular complexity index is 1210. The lowest BCUT2D eigenvalue weighted by Crippen LogP contribution is -2.20. The molecule has 0 saturated heterocycles. The van der Waals surface area contributed by atoms with Gasteiger partial charge in [0, 0.05) is 17.5 Å². The Labute approximate surface area is 168 Å². The van der Waals surface area contributed by atoms with Crippen molar-refractivity contribution in [3.63, 3.8) is 0 Å². The quantitative estimate of drug-likeness (QED) is 0.550. The average Bonchev–Trinajstić information content (AvgIpc) is 2.76. The fourth-order valence-electron chi connectivity index (χ4n) is 3.44. The molecule has 0 unspecified atom stereocenters. The van der Waals surface area contributed by atoms with Gasteiger partial charge in [-0.1, -0.05) is 24.3 Å². The highest BCUT2D eigenvalue weighted by Gasteiger charge is 2.12. The first kappa shape index (κ1) is 18.6. The lowest BCUT2D eigenvalue weighted by Gasteiger charge is -2.15. The maximum atomic E-state index is 13.1. The molecule has 146 valence electrons. The molecule has 0 saturated carbocycles. The zero-order valence-corrected chi connectivity index (χ0v) is 16.3. The van der Waals surface area contributed by atoms with Crippen molar-refractivity contribution in [2.75, 3.05) is 14.2 Å². The van der Waals surface area contributed by atoms with Crippen LogP contribution in [0.5, 0.6) is 17.2 Å². The van der Waals surface area contributed by atoms with Crippen LogP contribution in [-0.4, -0.2) is 23.9 Å². The molecule has 3 aromatic carbocycles. The fraction of sp³-hybridized carbons (Fsp3) is 0.125. The summed E-state index contributed by atoms with van der Waals surface area (Å²) in [5.41, 5.74) is 3.40. The topological polar surface area (TPSA) is 60.7 Å². The van der Waals surface area contributed by atoms with Crippen LogP contribution in [0.25, 0.3) is 22.0 Å². The predicted molar refractivity (Wildman–Crippen MR) is 114 cm³/mol. The number of methoxy groups -OCH3 is 2. The molecule has 0 aliphatic carbocycles. The first-order valence-electron chi connectivity index (χ1n) is 9.23. The van der Waals surface area contributed by atoms with Crippen LogP contribution < -0.4 is 15.0 Å². The number of rotatable bonds is 5. The summed E-state index contributed by atoms with van der Waals surface area (Å²) in [6.07, 6.45) is 0. The highest BCUT2D eigenvalue weighted by Crippen LogP contribution is 2.31. The van der Waals surface area contributed by atoms with Crippen molar-refractivity contribution < 1.29 is 14.6 Å². The molecule has 0 amide bonds. The van der Waals surface area contributed by atoms with Gasteiger partial charge in [-0.15, -0.1) is 0 Å².